The molecule has 1 aromatic carbocycles. The van der Waals surface area contributed by atoms with Crippen LogP contribution >= 0.6 is 11.3 Å². The van der Waals surface area contributed by atoms with Crippen LogP contribution in [-0.2, 0) is 6.54 Å². The predicted molar refractivity (Wildman–Crippen MR) is 165 cm³/mol. The van der Waals surface area contributed by atoms with Crippen LogP contribution in [0.15, 0.2) is 67.0 Å². The molecule has 1 unspecified atom stereocenters. The number of aromatic nitrogens is 1. The second kappa shape index (κ2) is 18.8. The van der Waals surface area contributed by atoms with Gasteiger partial charge in [0.05, 0.1) is 22.1 Å². The molecule has 0 radical (unpaired) electrons. The first-order valence-electron chi connectivity index (χ1n) is 13.6. The lowest BCUT2D eigenvalue weighted by Crippen LogP contribution is -2.37. The number of benzene rings is 1. The van der Waals surface area contributed by atoms with E-state index in [2.05, 4.69) is 92.2 Å². The second-order valence-corrected chi connectivity index (χ2v) is 11.0. The van der Waals surface area contributed by atoms with Crippen LogP contribution in [0, 0.1) is 12.8 Å². The number of hydrogen-bond donors (Lipinski definition) is 3. The zero-order chi connectivity index (χ0) is 27.6. The van der Waals surface area contributed by atoms with Crippen LogP contribution in [0.4, 0.5) is 0 Å². The molecule has 1 atom stereocenters. The first-order valence-corrected chi connectivity index (χ1v) is 14.4. The van der Waals surface area contributed by atoms with Crippen molar-refractivity contribution in [3.63, 3.8) is 0 Å². The van der Waals surface area contributed by atoms with Gasteiger partial charge in [-0.1, -0.05) is 64.3 Å². The number of rotatable bonds is 12. The van der Waals surface area contributed by atoms with Gasteiger partial charge < -0.3 is 21.3 Å². The Morgan fingerprint density at radius 3 is 2.43 bits per heavy atom. The van der Waals surface area contributed by atoms with Crippen LogP contribution in [0.1, 0.15) is 64.1 Å². The zero-order valence-corrected chi connectivity index (χ0v) is 24.8. The summed E-state index contributed by atoms with van der Waals surface area (Å²) >= 11 is 1.69. The molecule has 1 saturated heterocycles. The van der Waals surface area contributed by atoms with E-state index in [4.69, 9.17) is 5.73 Å². The van der Waals surface area contributed by atoms with Gasteiger partial charge in [-0.25, -0.2) is 4.98 Å². The number of nitrogens with zero attached hydrogens (tertiary/aromatic N) is 2. The number of likely N-dealkylation sites (N-methyl/N-ethyl adjacent to an activating group) is 1. The van der Waals surface area contributed by atoms with Gasteiger partial charge in [-0.15, -0.1) is 17.9 Å². The lowest BCUT2D eigenvalue weighted by Gasteiger charge is -2.30. The number of nitrogens with two attached hydrogens (primary N) is 1. The molecule has 1 aliphatic heterocycles. The van der Waals surface area contributed by atoms with Gasteiger partial charge in [0.2, 0.25) is 0 Å². The normalized spacial score (nSPS) is 14.4. The maximum absolute atomic E-state index is 5.23. The minimum atomic E-state index is 0.343. The summed E-state index contributed by atoms with van der Waals surface area (Å²) in [6.07, 6.45) is 7.69. The lowest BCUT2D eigenvalue weighted by atomic mass is 10.1. The minimum absolute atomic E-state index is 0.343. The third-order valence-electron chi connectivity index (χ3n) is 5.79. The lowest BCUT2D eigenvalue weighted by molar-refractivity contribution is 0.336. The van der Waals surface area contributed by atoms with Crippen molar-refractivity contribution in [1.82, 2.24) is 20.5 Å². The summed E-state index contributed by atoms with van der Waals surface area (Å²) in [6.45, 7) is 24.1. The maximum atomic E-state index is 5.23. The first kappa shape index (κ1) is 32.6. The fourth-order valence-corrected chi connectivity index (χ4v) is 4.74. The molecule has 0 aliphatic carbocycles. The smallest absolute Gasteiger partial charge is 0.0801 e. The minimum Gasteiger partial charge on any atom is -0.383 e. The Labute approximate surface area is 231 Å². The van der Waals surface area contributed by atoms with E-state index < -0.39 is 0 Å². The fraction of sp³-hybridized carbons (Fsp3) is 0.516. The Bertz CT molecular complexity index is 913. The number of unbranched alkanes of at least 4 members (excludes halogenated alkanes) is 2. The Morgan fingerprint density at radius 1 is 1.22 bits per heavy atom. The Hall–Kier alpha value is -2.41. The van der Waals surface area contributed by atoms with Gasteiger partial charge >= 0.3 is 0 Å². The highest BCUT2D eigenvalue weighted by Gasteiger charge is 2.27. The average molecular weight is 526 g/mol. The van der Waals surface area contributed by atoms with Crippen molar-refractivity contribution in [3.8, 4) is 10.4 Å². The molecular formula is C31H51N5S. The van der Waals surface area contributed by atoms with E-state index in [1.165, 1.54) is 28.8 Å². The summed E-state index contributed by atoms with van der Waals surface area (Å²) in [5.41, 5.74) is 13.0. The highest BCUT2D eigenvalue weighted by Crippen LogP contribution is 2.28. The van der Waals surface area contributed by atoms with Gasteiger partial charge in [-0.05, 0) is 69.7 Å². The molecule has 206 valence electrons. The molecule has 3 rings (SSSR count). The molecule has 1 fully saturated rings. The van der Waals surface area contributed by atoms with Gasteiger partial charge in [0.15, 0.2) is 0 Å². The second-order valence-electron chi connectivity index (χ2n) is 10.1. The SMILES string of the molecule is C=C(NCc1ccc(-c2scnc2C)cc1)C1CCCN1C(=C)CNC.C=CCCCCN.CC(C)C. The van der Waals surface area contributed by atoms with E-state index in [0.717, 1.165) is 68.4 Å². The van der Waals surface area contributed by atoms with Gasteiger partial charge in [-0.2, -0.15) is 0 Å². The molecule has 1 aromatic heterocycles. The van der Waals surface area contributed by atoms with Crippen LogP contribution in [0.5, 0.6) is 0 Å². The zero-order valence-electron chi connectivity index (χ0n) is 24.0. The molecule has 0 saturated carbocycles. The molecule has 6 heteroatoms. The molecule has 0 bridgehead atoms. The summed E-state index contributed by atoms with van der Waals surface area (Å²) in [6, 6.07) is 9.06. The molecular weight excluding hydrogens is 474 g/mol. The molecule has 37 heavy (non-hydrogen) atoms. The van der Waals surface area contributed by atoms with E-state index in [0.29, 0.717) is 6.04 Å². The fourth-order valence-electron chi connectivity index (χ4n) is 3.93. The quantitative estimate of drug-likeness (QED) is 0.208. The van der Waals surface area contributed by atoms with E-state index in [-0.39, 0.29) is 0 Å². The van der Waals surface area contributed by atoms with Crippen LogP contribution in [0.3, 0.4) is 0 Å². The van der Waals surface area contributed by atoms with Crippen LogP contribution in [0.25, 0.3) is 10.4 Å². The summed E-state index contributed by atoms with van der Waals surface area (Å²) in [4.78, 5) is 7.96. The predicted octanol–water partition coefficient (Wildman–Crippen LogP) is 6.88. The maximum Gasteiger partial charge on any atom is 0.0801 e. The summed E-state index contributed by atoms with van der Waals surface area (Å²) in [5, 5.41) is 6.71. The van der Waals surface area contributed by atoms with Crippen molar-refractivity contribution in [3.05, 3.63) is 78.2 Å². The van der Waals surface area contributed by atoms with Gasteiger partial charge in [0.25, 0.3) is 0 Å². The monoisotopic (exact) mass is 525 g/mol. The van der Waals surface area contributed by atoms with Crippen LogP contribution in [0.2, 0.25) is 0 Å². The molecule has 4 N–H and O–H groups in total. The largest absolute Gasteiger partial charge is 0.383 e. The molecule has 0 amide bonds. The third kappa shape index (κ3) is 12.6. The Balaban J connectivity index is 0.000000525. The highest BCUT2D eigenvalue weighted by atomic mass is 32.1. The number of allylic oxidation sites excluding steroid dienone is 1. The number of likely N-dealkylation sites (tertiary alicyclic amines) is 1. The number of nitrogens with one attached hydrogen (secondary N) is 2. The summed E-state index contributed by atoms with van der Waals surface area (Å²) in [7, 11) is 1.96. The molecule has 1 aliphatic rings. The van der Waals surface area contributed by atoms with Gasteiger partial charge in [-0.3, -0.25) is 0 Å². The van der Waals surface area contributed by atoms with E-state index >= 15 is 0 Å². The average Bonchev–Trinajstić information content (AvgIpc) is 3.53. The Morgan fingerprint density at radius 2 is 1.89 bits per heavy atom. The molecule has 0 spiro atoms. The van der Waals surface area contributed by atoms with Crippen molar-refractivity contribution >= 4 is 11.3 Å². The van der Waals surface area contributed by atoms with Crippen molar-refractivity contribution in [2.24, 2.45) is 11.7 Å². The standard InChI is InChI=1S/C21H28N4S.C6H13N.C4H10/c1-15(12-22-4)25-11-5-6-20(25)16(2)23-13-18-7-9-19(10-8-18)21-17(3)24-14-26-21;1-2-3-4-5-6-7;1-4(2)3/h7-10,14,20,22-23H,1-2,5-6,11-13H2,3-4H3;2H,1,3-7H2;4H,1-3H3. The number of thiazole rings is 1. The summed E-state index contributed by atoms with van der Waals surface area (Å²) < 4.78 is 0. The first-order chi connectivity index (χ1) is 17.7. The van der Waals surface area contributed by atoms with Crippen molar-refractivity contribution in [2.75, 3.05) is 26.7 Å². The van der Waals surface area contributed by atoms with E-state index in [9.17, 15) is 0 Å². The van der Waals surface area contributed by atoms with E-state index in [1.807, 2.05) is 18.6 Å². The van der Waals surface area contributed by atoms with Gasteiger partial charge in [0.1, 0.15) is 0 Å². The number of aryl methyl sites for hydroxylation is 1. The third-order valence-corrected chi connectivity index (χ3v) is 6.76. The van der Waals surface area contributed by atoms with Crippen molar-refractivity contribution in [1.29, 1.82) is 0 Å². The van der Waals surface area contributed by atoms with E-state index in [1.54, 1.807) is 11.3 Å². The van der Waals surface area contributed by atoms with Crippen LogP contribution < -0.4 is 16.4 Å². The van der Waals surface area contributed by atoms with Crippen molar-refractivity contribution in [2.45, 2.75) is 72.4 Å². The van der Waals surface area contributed by atoms with Crippen molar-refractivity contribution < 1.29 is 0 Å². The summed E-state index contributed by atoms with van der Waals surface area (Å²) in [5.74, 6) is 0.833. The molecule has 2 heterocycles. The molecule has 5 nitrogen and oxygen atoms in total. The Kier molecular flexibility index (Phi) is 16.6. The van der Waals surface area contributed by atoms with Gasteiger partial charge in [0, 0.05) is 31.0 Å². The van der Waals surface area contributed by atoms with Crippen LogP contribution in [-0.4, -0.2) is 42.6 Å². The topological polar surface area (TPSA) is 66.2 Å². The highest BCUT2D eigenvalue weighted by molar-refractivity contribution is 7.13. The number of hydrogen-bond acceptors (Lipinski definition) is 6. The molecule has 2 aromatic rings.